The molecule has 2 aliphatic rings. The molecule has 21 heavy (non-hydrogen) atoms. The Morgan fingerprint density at radius 2 is 2.10 bits per heavy atom. The summed E-state index contributed by atoms with van der Waals surface area (Å²) in [5.41, 5.74) is 2.53. The van der Waals surface area contributed by atoms with Crippen molar-refractivity contribution in [2.24, 2.45) is 5.41 Å². The number of rotatable bonds is 3. The first kappa shape index (κ1) is 14.4. The highest BCUT2D eigenvalue weighted by atomic mass is 16.2. The Kier molecular flexibility index (Phi) is 3.92. The minimum atomic E-state index is 0.255. The molecule has 0 radical (unpaired) electrons. The van der Waals surface area contributed by atoms with E-state index >= 15 is 0 Å². The van der Waals surface area contributed by atoms with Gasteiger partial charge in [-0.15, -0.1) is 0 Å². The predicted molar refractivity (Wildman–Crippen MR) is 87.7 cm³/mol. The van der Waals surface area contributed by atoms with Crippen LogP contribution >= 0.6 is 0 Å². The minimum Gasteiger partial charge on any atom is -0.382 e. The maximum Gasteiger partial charge on any atom is 0.227 e. The van der Waals surface area contributed by atoms with E-state index in [9.17, 15) is 4.79 Å². The highest BCUT2D eigenvalue weighted by Crippen LogP contribution is 2.37. The monoisotopic (exact) mass is 286 g/mol. The van der Waals surface area contributed by atoms with Gasteiger partial charge in [-0.2, -0.15) is 0 Å². The molecule has 0 aromatic heterocycles. The SMILES string of the molecule is CC1(C)CCCCC1Nc1cccc(N2CCCC2=O)c1. The van der Waals surface area contributed by atoms with Crippen molar-refractivity contribution >= 4 is 17.3 Å². The van der Waals surface area contributed by atoms with Crippen LogP contribution in [0.1, 0.15) is 52.4 Å². The summed E-state index contributed by atoms with van der Waals surface area (Å²) in [5, 5.41) is 3.71. The first-order valence-corrected chi connectivity index (χ1v) is 8.23. The van der Waals surface area contributed by atoms with Gasteiger partial charge >= 0.3 is 0 Å². The van der Waals surface area contributed by atoms with Crippen LogP contribution in [0.2, 0.25) is 0 Å². The Morgan fingerprint density at radius 3 is 2.81 bits per heavy atom. The lowest BCUT2D eigenvalue weighted by Gasteiger charge is -2.39. The van der Waals surface area contributed by atoms with E-state index in [0.29, 0.717) is 17.9 Å². The third-order valence-corrected chi connectivity index (χ3v) is 5.08. The second-order valence-electron chi connectivity index (χ2n) is 7.13. The average molecular weight is 286 g/mol. The van der Waals surface area contributed by atoms with Gasteiger partial charge < -0.3 is 10.2 Å². The van der Waals surface area contributed by atoms with Gasteiger partial charge in [0.15, 0.2) is 0 Å². The second-order valence-corrected chi connectivity index (χ2v) is 7.13. The van der Waals surface area contributed by atoms with E-state index in [1.807, 2.05) is 11.0 Å². The number of carbonyl (C=O) groups excluding carboxylic acids is 1. The van der Waals surface area contributed by atoms with Crippen molar-refractivity contribution in [2.45, 2.75) is 58.4 Å². The summed E-state index contributed by atoms with van der Waals surface area (Å²) in [5.74, 6) is 0.255. The molecule has 1 aliphatic heterocycles. The fourth-order valence-corrected chi connectivity index (χ4v) is 3.65. The summed E-state index contributed by atoms with van der Waals surface area (Å²) < 4.78 is 0. The van der Waals surface area contributed by atoms with Crippen LogP contribution < -0.4 is 10.2 Å². The Hall–Kier alpha value is -1.51. The zero-order chi connectivity index (χ0) is 14.9. The Balaban J connectivity index is 1.75. The van der Waals surface area contributed by atoms with Gasteiger partial charge in [-0.3, -0.25) is 4.79 Å². The number of carbonyl (C=O) groups is 1. The third kappa shape index (κ3) is 3.07. The molecule has 0 spiro atoms. The number of nitrogens with one attached hydrogen (secondary N) is 1. The molecule has 0 bridgehead atoms. The molecule has 1 aromatic rings. The molecular weight excluding hydrogens is 260 g/mol. The lowest BCUT2D eigenvalue weighted by Crippen LogP contribution is -2.38. The normalized spacial score (nSPS) is 25.1. The van der Waals surface area contributed by atoms with E-state index in [2.05, 4.69) is 37.4 Å². The van der Waals surface area contributed by atoms with Crippen LogP contribution in [0.5, 0.6) is 0 Å². The van der Waals surface area contributed by atoms with Crippen LogP contribution in [0.25, 0.3) is 0 Å². The highest BCUT2D eigenvalue weighted by Gasteiger charge is 2.32. The quantitative estimate of drug-likeness (QED) is 0.903. The van der Waals surface area contributed by atoms with Gasteiger partial charge in [-0.25, -0.2) is 0 Å². The number of benzene rings is 1. The van der Waals surface area contributed by atoms with E-state index in [-0.39, 0.29) is 5.91 Å². The van der Waals surface area contributed by atoms with Crippen molar-refractivity contribution in [3.8, 4) is 0 Å². The molecular formula is C18H26N2O. The zero-order valence-electron chi connectivity index (χ0n) is 13.2. The van der Waals surface area contributed by atoms with Crippen molar-refractivity contribution in [1.29, 1.82) is 0 Å². The standard InChI is InChI=1S/C18H26N2O/c1-18(2)11-4-3-9-16(18)19-14-7-5-8-15(13-14)20-12-6-10-17(20)21/h5,7-8,13,16,19H,3-4,6,9-12H2,1-2H3. The Morgan fingerprint density at radius 1 is 1.24 bits per heavy atom. The molecule has 1 saturated heterocycles. The van der Waals surface area contributed by atoms with Gasteiger partial charge in [0.05, 0.1) is 0 Å². The first-order chi connectivity index (χ1) is 10.1. The summed E-state index contributed by atoms with van der Waals surface area (Å²) in [6.07, 6.45) is 6.84. The maximum absolute atomic E-state index is 11.9. The molecule has 1 aliphatic carbocycles. The van der Waals surface area contributed by atoms with Crippen LogP contribution in [0.3, 0.4) is 0 Å². The molecule has 1 heterocycles. The Labute approximate surface area is 127 Å². The lowest BCUT2D eigenvalue weighted by atomic mass is 9.73. The molecule has 3 nitrogen and oxygen atoms in total. The highest BCUT2D eigenvalue weighted by molar-refractivity contribution is 5.95. The van der Waals surface area contributed by atoms with Gasteiger partial charge in [0, 0.05) is 30.4 Å². The van der Waals surface area contributed by atoms with E-state index in [1.165, 1.54) is 25.7 Å². The number of nitrogens with zero attached hydrogens (tertiary/aromatic N) is 1. The summed E-state index contributed by atoms with van der Waals surface area (Å²) in [6, 6.07) is 8.87. The van der Waals surface area contributed by atoms with Gasteiger partial charge in [0.25, 0.3) is 0 Å². The van der Waals surface area contributed by atoms with Gasteiger partial charge in [-0.1, -0.05) is 32.8 Å². The average Bonchev–Trinajstić information content (AvgIpc) is 2.88. The largest absolute Gasteiger partial charge is 0.382 e. The van der Waals surface area contributed by atoms with E-state index < -0.39 is 0 Å². The molecule has 1 N–H and O–H groups in total. The molecule has 3 rings (SSSR count). The van der Waals surface area contributed by atoms with Crippen LogP contribution in [0.4, 0.5) is 11.4 Å². The third-order valence-electron chi connectivity index (χ3n) is 5.08. The minimum absolute atomic E-state index is 0.255. The van der Waals surface area contributed by atoms with Crippen molar-refractivity contribution < 1.29 is 4.79 Å². The molecule has 1 aromatic carbocycles. The number of hydrogen-bond acceptors (Lipinski definition) is 2. The summed E-state index contributed by atoms with van der Waals surface area (Å²) >= 11 is 0. The second kappa shape index (κ2) is 5.70. The van der Waals surface area contributed by atoms with Gasteiger partial charge in [0.2, 0.25) is 5.91 Å². The van der Waals surface area contributed by atoms with Crippen molar-refractivity contribution in [1.82, 2.24) is 0 Å². The fourth-order valence-electron chi connectivity index (χ4n) is 3.65. The van der Waals surface area contributed by atoms with Crippen molar-refractivity contribution in [2.75, 3.05) is 16.8 Å². The van der Waals surface area contributed by atoms with Crippen LogP contribution in [0, 0.1) is 5.41 Å². The van der Waals surface area contributed by atoms with Crippen LogP contribution in [0.15, 0.2) is 24.3 Å². The summed E-state index contributed by atoms with van der Waals surface area (Å²) in [4.78, 5) is 13.8. The van der Waals surface area contributed by atoms with E-state index in [1.54, 1.807) is 0 Å². The number of anilines is 2. The summed E-state index contributed by atoms with van der Waals surface area (Å²) in [6.45, 7) is 5.58. The van der Waals surface area contributed by atoms with Crippen LogP contribution in [-0.2, 0) is 4.79 Å². The Bertz CT molecular complexity index is 524. The summed E-state index contributed by atoms with van der Waals surface area (Å²) in [7, 11) is 0. The molecule has 1 unspecified atom stereocenters. The number of hydrogen-bond donors (Lipinski definition) is 1. The van der Waals surface area contributed by atoms with E-state index in [4.69, 9.17) is 0 Å². The van der Waals surface area contributed by atoms with Crippen LogP contribution in [-0.4, -0.2) is 18.5 Å². The van der Waals surface area contributed by atoms with Gasteiger partial charge in [-0.05, 0) is 42.9 Å². The molecule has 3 heteroatoms. The first-order valence-electron chi connectivity index (χ1n) is 8.23. The smallest absolute Gasteiger partial charge is 0.227 e. The van der Waals surface area contributed by atoms with Gasteiger partial charge in [0.1, 0.15) is 0 Å². The molecule has 2 fully saturated rings. The lowest BCUT2D eigenvalue weighted by molar-refractivity contribution is -0.117. The predicted octanol–water partition coefficient (Wildman–Crippen LogP) is 4.19. The molecule has 1 amide bonds. The van der Waals surface area contributed by atoms with Crippen molar-refractivity contribution in [3.05, 3.63) is 24.3 Å². The molecule has 114 valence electrons. The maximum atomic E-state index is 11.9. The topological polar surface area (TPSA) is 32.3 Å². The molecule has 1 saturated carbocycles. The van der Waals surface area contributed by atoms with Crippen molar-refractivity contribution in [3.63, 3.8) is 0 Å². The van der Waals surface area contributed by atoms with E-state index in [0.717, 1.165) is 24.3 Å². The fraction of sp³-hybridized carbons (Fsp3) is 0.611. The number of amides is 1. The molecule has 1 atom stereocenters. The zero-order valence-corrected chi connectivity index (χ0v) is 13.2.